The lowest BCUT2D eigenvalue weighted by Crippen LogP contribution is -1.95. The molecule has 0 saturated heterocycles. The van der Waals surface area contributed by atoms with Crippen LogP contribution in [0.2, 0.25) is 0 Å². The Morgan fingerprint density at radius 1 is 1.60 bits per heavy atom. The summed E-state index contributed by atoms with van der Waals surface area (Å²) in [7, 11) is 0. The maximum Gasteiger partial charge on any atom is 0.0925 e. The predicted molar refractivity (Wildman–Crippen MR) is 60.6 cm³/mol. The van der Waals surface area contributed by atoms with Gasteiger partial charge in [-0.25, -0.2) is 0 Å². The Morgan fingerprint density at radius 2 is 2.40 bits per heavy atom. The van der Waals surface area contributed by atoms with E-state index in [2.05, 4.69) is 30.6 Å². The molecule has 0 unspecified atom stereocenters. The van der Waals surface area contributed by atoms with Crippen LogP contribution in [-0.4, -0.2) is 11.6 Å². The summed E-state index contributed by atoms with van der Waals surface area (Å²) in [5.41, 5.74) is 2.38. The van der Waals surface area contributed by atoms with Crippen molar-refractivity contribution in [2.24, 2.45) is 5.92 Å². The minimum absolute atomic E-state index is 0.486. The molecular formula is C13H17NO. The number of aryl methyl sites for hydroxylation is 1. The molecule has 15 heavy (non-hydrogen) atoms. The van der Waals surface area contributed by atoms with Crippen molar-refractivity contribution in [3.05, 3.63) is 41.9 Å². The van der Waals surface area contributed by atoms with E-state index in [-0.39, 0.29) is 0 Å². The third-order valence-electron chi connectivity index (χ3n) is 2.85. The number of pyridine rings is 1. The first kappa shape index (κ1) is 10.2. The van der Waals surface area contributed by atoms with E-state index in [4.69, 9.17) is 4.74 Å². The fourth-order valence-corrected chi connectivity index (χ4v) is 1.87. The average molecular weight is 203 g/mol. The molecule has 1 aliphatic rings. The van der Waals surface area contributed by atoms with Gasteiger partial charge in [0.1, 0.15) is 0 Å². The molecule has 0 amide bonds. The molecule has 0 aliphatic heterocycles. The van der Waals surface area contributed by atoms with Gasteiger partial charge < -0.3 is 4.74 Å². The lowest BCUT2D eigenvalue weighted by molar-refractivity contribution is 0.213. The van der Waals surface area contributed by atoms with Crippen molar-refractivity contribution >= 4 is 0 Å². The van der Waals surface area contributed by atoms with E-state index in [1.807, 2.05) is 13.1 Å². The van der Waals surface area contributed by atoms with Gasteiger partial charge in [0, 0.05) is 23.7 Å². The summed E-state index contributed by atoms with van der Waals surface area (Å²) in [5.74, 6) is 1.94. The van der Waals surface area contributed by atoms with E-state index in [0.717, 1.165) is 12.2 Å². The lowest BCUT2D eigenvalue weighted by Gasteiger charge is -2.05. The van der Waals surface area contributed by atoms with Gasteiger partial charge in [-0.15, -0.1) is 0 Å². The molecule has 0 aromatic carbocycles. The van der Waals surface area contributed by atoms with Gasteiger partial charge in [-0.05, 0) is 31.9 Å². The van der Waals surface area contributed by atoms with Crippen molar-refractivity contribution in [2.45, 2.75) is 26.2 Å². The fourth-order valence-electron chi connectivity index (χ4n) is 1.87. The van der Waals surface area contributed by atoms with Crippen LogP contribution in [0.15, 0.2) is 30.7 Å². The van der Waals surface area contributed by atoms with E-state index < -0.39 is 0 Å². The van der Waals surface area contributed by atoms with Crippen LogP contribution in [0.3, 0.4) is 0 Å². The number of aromatic nitrogens is 1. The maximum absolute atomic E-state index is 5.42. The van der Waals surface area contributed by atoms with Gasteiger partial charge in [-0.3, -0.25) is 4.98 Å². The average Bonchev–Trinajstić information content (AvgIpc) is 2.99. The molecule has 1 aromatic rings. The van der Waals surface area contributed by atoms with Crippen molar-refractivity contribution in [3.8, 4) is 0 Å². The Kier molecular flexibility index (Phi) is 2.76. The smallest absolute Gasteiger partial charge is 0.0925 e. The first-order valence-corrected chi connectivity index (χ1v) is 5.46. The van der Waals surface area contributed by atoms with Crippen LogP contribution in [-0.2, 0) is 4.74 Å². The highest BCUT2D eigenvalue weighted by Crippen LogP contribution is 2.50. The molecule has 2 atom stereocenters. The molecule has 1 fully saturated rings. The van der Waals surface area contributed by atoms with Crippen LogP contribution < -0.4 is 0 Å². The first-order chi connectivity index (χ1) is 7.22. The quantitative estimate of drug-likeness (QED) is 0.702. The van der Waals surface area contributed by atoms with Crippen molar-refractivity contribution in [2.75, 3.05) is 6.61 Å². The second-order valence-corrected chi connectivity index (χ2v) is 4.11. The highest BCUT2D eigenvalue weighted by atomic mass is 16.5. The molecule has 1 aliphatic carbocycles. The molecule has 2 nitrogen and oxygen atoms in total. The Morgan fingerprint density at radius 3 is 3.00 bits per heavy atom. The highest BCUT2D eigenvalue weighted by molar-refractivity contribution is 5.25. The van der Waals surface area contributed by atoms with Crippen LogP contribution in [0, 0.1) is 12.8 Å². The molecule has 0 radical (unpaired) electrons. The molecular weight excluding hydrogens is 186 g/mol. The normalized spacial score (nSPS) is 23.6. The van der Waals surface area contributed by atoms with Crippen LogP contribution in [0.4, 0.5) is 0 Å². The molecule has 2 heteroatoms. The van der Waals surface area contributed by atoms with Crippen molar-refractivity contribution < 1.29 is 4.74 Å². The Balaban J connectivity index is 1.98. The van der Waals surface area contributed by atoms with Gasteiger partial charge in [0.2, 0.25) is 0 Å². The number of hydrogen-bond acceptors (Lipinski definition) is 2. The number of allylic oxidation sites excluding steroid dienone is 1. The second-order valence-electron chi connectivity index (χ2n) is 4.11. The van der Waals surface area contributed by atoms with E-state index in [0.29, 0.717) is 18.4 Å². The van der Waals surface area contributed by atoms with Crippen molar-refractivity contribution in [1.82, 2.24) is 4.98 Å². The van der Waals surface area contributed by atoms with Gasteiger partial charge in [-0.2, -0.15) is 0 Å². The van der Waals surface area contributed by atoms with Crippen LogP contribution >= 0.6 is 0 Å². The number of nitrogens with zero attached hydrogens (tertiary/aromatic N) is 1. The zero-order valence-corrected chi connectivity index (χ0v) is 9.36. The summed E-state index contributed by atoms with van der Waals surface area (Å²) in [6.45, 7) is 8.71. The van der Waals surface area contributed by atoms with Crippen molar-refractivity contribution in [1.29, 1.82) is 0 Å². The van der Waals surface area contributed by atoms with E-state index in [9.17, 15) is 0 Å². The fraction of sp³-hybridized carbons (Fsp3) is 0.462. The zero-order chi connectivity index (χ0) is 10.8. The summed E-state index contributed by atoms with van der Waals surface area (Å²) in [4.78, 5) is 4.44. The number of hydrogen-bond donors (Lipinski definition) is 0. The van der Waals surface area contributed by atoms with Gasteiger partial charge in [0.15, 0.2) is 0 Å². The third-order valence-corrected chi connectivity index (χ3v) is 2.85. The predicted octanol–water partition coefficient (Wildman–Crippen LogP) is 3.04. The second kappa shape index (κ2) is 4.05. The molecule has 0 N–H and O–H groups in total. The Labute approximate surface area is 91.0 Å². The molecule has 0 spiro atoms. The summed E-state index contributed by atoms with van der Waals surface area (Å²) < 4.78 is 5.42. The summed E-state index contributed by atoms with van der Waals surface area (Å²) >= 11 is 0. The van der Waals surface area contributed by atoms with E-state index in [1.165, 1.54) is 11.3 Å². The SMILES string of the molecule is C=C(OCC)[C@H]1C[C@@H]1c1ccc(C)cn1. The first-order valence-electron chi connectivity index (χ1n) is 5.46. The molecule has 0 bridgehead atoms. The van der Waals surface area contributed by atoms with Crippen LogP contribution in [0.25, 0.3) is 0 Å². The lowest BCUT2D eigenvalue weighted by atomic mass is 10.2. The van der Waals surface area contributed by atoms with Gasteiger partial charge in [-0.1, -0.05) is 12.6 Å². The van der Waals surface area contributed by atoms with E-state index in [1.54, 1.807) is 0 Å². The van der Waals surface area contributed by atoms with Gasteiger partial charge in [0.05, 0.1) is 12.4 Å². The minimum atomic E-state index is 0.486. The summed E-state index contributed by atoms with van der Waals surface area (Å²) in [5, 5.41) is 0. The number of ether oxygens (including phenoxy) is 1. The largest absolute Gasteiger partial charge is 0.499 e. The topological polar surface area (TPSA) is 22.1 Å². The summed E-state index contributed by atoms with van der Waals surface area (Å²) in [6, 6.07) is 4.22. The maximum atomic E-state index is 5.42. The van der Waals surface area contributed by atoms with Crippen LogP contribution in [0.1, 0.15) is 30.5 Å². The standard InChI is InChI=1S/C13H17NO/c1-4-15-10(3)11-7-12(11)13-6-5-9(2)8-14-13/h5-6,8,11-12H,3-4,7H2,1-2H3/t11-,12+/m1/s1. The molecule has 1 heterocycles. The monoisotopic (exact) mass is 203 g/mol. The zero-order valence-electron chi connectivity index (χ0n) is 9.36. The van der Waals surface area contributed by atoms with Crippen molar-refractivity contribution in [3.63, 3.8) is 0 Å². The number of rotatable bonds is 4. The Hall–Kier alpha value is -1.31. The van der Waals surface area contributed by atoms with Crippen LogP contribution in [0.5, 0.6) is 0 Å². The third kappa shape index (κ3) is 2.20. The molecule has 2 rings (SSSR count). The van der Waals surface area contributed by atoms with E-state index >= 15 is 0 Å². The van der Waals surface area contributed by atoms with Gasteiger partial charge in [0.25, 0.3) is 0 Å². The molecule has 1 saturated carbocycles. The highest BCUT2D eigenvalue weighted by Gasteiger charge is 2.42. The minimum Gasteiger partial charge on any atom is -0.499 e. The van der Waals surface area contributed by atoms with Gasteiger partial charge >= 0.3 is 0 Å². The molecule has 1 aromatic heterocycles. The summed E-state index contributed by atoms with van der Waals surface area (Å²) in [6.07, 6.45) is 3.06. The molecule has 80 valence electrons. The Bertz CT molecular complexity index is 355.